The molecular weight excluding hydrogens is 232 g/mol. The number of benzene rings is 1. The molecule has 0 aromatic heterocycles. The van der Waals surface area contributed by atoms with Crippen LogP contribution in [-0.2, 0) is 6.42 Å². The molecule has 0 spiro atoms. The van der Waals surface area contributed by atoms with Gasteiger partial charge in [-0.25, -0.2) is 0 Å². The Balaban J connectivity index is 1.96. The van der Waals surface area contributed by atoms with Crippen molar-refractivity contribution >= 4 is 11.4 Å². The first-order chi connectivity index (χ1) is 9.16. The van der Waals surface area contributed by atoms with Crippen molar-refractivity contribution in [1.82, 2.24) is 0 Å². The molecule has 1 saturated heterocycles. The minimum absolute atomic E-state index is 0.657. The molecule has 1 aromatic rings. The summed E-state index contributed by atoms with van der Waals surface area (Å²) in [4.78, 5) is 2.66. The number of rotatable bonds is 1. The van der Waals surface area contributed by atoms with Gasteiger partial charge in [-0.05, 0) is 55.7 Å². The predicted molar refractivity (Wildman–Crippen MR) is 83.0 cm³/mol. The van der Waals surface area contributed by atoms with E-state index in [9.17, 15) is 0 Å². The van der Waals surface area contributed by atoms with E-state index in [0.717, 1.165) is 18.4 Å². The van der Waals surface area contributed by atoms with Gasteiger partial charge in [0.15, 0.2) is 0 Å². The zero-order chi connectivity index (χ0) is 13.4. The van der Waals surface area contributed by atoms with Crippen LogP contribution in [0.4, 0.5) is 11.4 Å². The number of nitrogens with one attached hydrogen (secondary N) is 1. The smallest absolute Gasteiger partial charge is 0.0422 e. The maximum atomic E-state index is 3.55. The van der Waals surface area contributed by atoms with Gasteiger partial charge in [0.1, 0.15) is 0 Å². The zero-order valence-corrected chi connectivity index (χ0v) is 12.4. The number of anilines is 2. The monoisotopic (exact) mass is 258 g/mol. The van der Waals surface area contributed by atoms with Crippen molar-refractivity contribution in [2.75, 3.05) is 23.3 Å². The summed E-state index contributed by atoms with van der Waals surface area (Å²) in [6.07, 6.45) is 3.85. The topological polar surface area (TPSA) is 15.3 Å². The standard InChI is InChI=1S/C17H26N2/c1-12-10-13(2)14(3)19(11-12)17-8-4-7-16-15(17)6-5-9-18-16/h4,7-8,12-14,18H,5-6,9-11H2,1-3H3. The molecule has 1 fully saturated rings. The molecule has 0 radical (unpaired) electrons. The molecule has 104 valence electrons. The first-order valence-corrected chi connectivity index (χ1v) is 7.79. The summed E-state index contributed by atoms with van der Waals surface area (Å²) < 4.78 is 0. The summed E-state index contributed by atoms with van der Waals surface area (Å²) in [5, 5.41) is 3.55. The Labute approximate surface area is 117 Å². The summed E-state index contributed by atoms with van der Waals surface area (Å²) in [6, 6.07) is 7.43. The molecule has 0 bridgehead atoms. The summed E-state index contributed by atoms with van der Waals surface area (Å²) in [6.45, 7) is 9.52. The largest absolute Gasteiger partial charge is 0.385 e. The maximum Gasteiger partial charge on any atom is 0.0422 e. The first-order valence-electron chi connectivity index (χ1n) is 7.79. The van der Waals surface area contributed by atoms with Gasteiger partial charge in [-0.15, -0.1) is 0 Å². The third kappa shape index (κ3) is 2.33. The van der Waals surface area contributed by atoms with Crippen molar-refractivity contribution < 1.29 is 0 Å². The fourth-order valence-corrected chi connectivity index (χ4v) is 3.79. The summed E-state index contributed by atoms with van der Waals surface area (Å²) in [5.74, 6) is 1.59. The Morgan fingerprint density at radius 1 is 1.21 bits per heavy atom. The quantitative estimate of drug-likeness (QED) is 0.821. The van der Waals surface area contributed by atoms with Crippen molar-refractivity contribution in [1.29, 1.82) is 0 Å². The van der Waals surface area contributed by atoms with Gasteiger partial charge in [0.2, 0.25) is 0 Å². The molecular formula is C17H26N2. The first kappa shape index (κ1) is 12.8. The van der Waals surface area contributed by atoms with E-state index in [4.69, 9.17) is 0 Å². The van der Waals surface area contributed by atoms with Crippen molar-refractivity contribution in [2.24, 2.45) is 11.8 Å². The second-order valence-electron chi connectivity index (χ2n) is 6.54. The molecule has 0 amide bonds. The minimum Gasteiger partial charge on any atom is -0.385 e. The number of hydrogen-bond donors (Lipinski definition) is 1. The molecule has 2 heteroatoms. The molecule has 0 saturated carbocycles. The van der Waals surface area contributed by atoms with Gasteiger partial charge in [0.25, 0.3) is 0 Å². The second-order valence-corrected chi connectivity index (χ2v) is 6.54. The number of nitrogens with zero attached hydrogens (tertiary/aromatic N) is 1. The predicted octanol–water partition coefficient (Wildman–Crippen LogP) is 3.92. The molecule has 3 atom stereocenters. The summed E-state index contributed by atoms with van der Waals surface area (Å²) in [5.41, 5.74) is 4.39. The van der Waals surface area contributed by atoms with Crippen LogP contribution in [0.1, 0.15) is 39.2 Å². The van der Waals surface area contributed by atoms with E-state index in [2.05, 4.69) is 49.2 Å². The third-order valence-electron chi connectivity index (χ3n) is 4.98. The highest BCUT2D eigenvalue weighted by Crippen LogP contribution is 2.37. The van der Waals surface area contributed by atoms with Gasteiger partial charge in [-0.2, -0.15) is 0 Å². The van der Waals surface area contributed by atoms with E-state index in [1.54, 1.807) is 5.56 Å². The molecule has 2 aliphatic heterocycles. The number of fused-ring (bicyclic) bond motifs is 1. The van der Waals surface area contributed by atoms with Crippen molar-refractivity contribution in [3.8, 4) is 0 Å². The van der Waals surface area contributed by atoms with Crippen LogP contribution < -0.4 is 10.2 Å². The molecule has 3 unspecified atom stereocenters. The van der Waals surface area contributed by atoms with E-state index in [1.165, 1.54) is 37.2 Å². The SMILES string of the molecule is CC1CC(C)C(C)N(c2cccc3c2CCCN3)C1. The minimum atomic E-state index is 0.657. The Kier molecular flexibility index (Phi) is 3.42. The Morgan fingerprint density at radius 3 is 2.89 bits per heavy atom. The van der Waals surface area contributed by atoms with Crippen molar-refractivity contribution in [3.05, 3.63) is 23.8 Å². The van der Waals surface area contributed by atoms with E-state index in [1.807, 2.05) is 0 Å². The molecule has 1 N–H and O–H groups in total. The summed E-state index contributed by atoms with van der Waals surface area (Å²) in [7, 11) is 0. The van der Waals surface area contributed by atoms with Crippen LogP contribution in [0, 0.1) is 11.8 Å². The van der Waals surface area contributed by atoms with Crippen LogP contribution in [0.25, 0.3) is 0 Å². The fraction of sp³-hybridized carbons (Fsp3) is 0.647. The van der Waals surface area contributed by atoms with Crippen LogP contribution >= 0.6 is 0 Å². The van der Waals surface area contributed by atoms with E-state index < -0.39 is 0 Å². The average Bonchev–Trinajstić information content (AvgIpc) is 2.42. The van der Waals surface area contributed by atoms with Crippen LogP contribution in [0.15, 0.2) is 18.2 Å². The van der Waals surface area contributed by atoms with Crippen molar-refractivity contribution in [3.63, 3.8) is 0 Å². The van der Waals surface area contributed by atoms with E-state index >= 15 is 0 Å². The zero-order valence-electron chi connectivity index (χ0n) is 12.4. The lowest BCUT2D eigenvalue weighted by Gasteiger charge is -2.44. The fourth-order valence-electron chi connectivity index (χ4n) is 3.79. The molecule has 19 heavy (non-hydrogen) atoms. The van der Waals surface area contributed by atoms with Crippen LogP contribution in [0.5, 0.6) is 0 Å². The third-order valence-corrected chi connectivity index (χ3v) is 4.98. The van der Waals surface area contributed by atoms with Crippen LogP contribution in [0.3, 0.4) is 0 Å². The molecule has 1 aromatic carbocycles. The highest BCUT2D eigenvalue weighted by Gasteiger charge is 2.30. The lowest BCUT2D eigenvalue weighted by molar-refractivity contribution is 0.296. The molecule has 2 aliphatic rings. The highest BCUT2D eigenvalue weighted by atomic mass is 15.2. The molecule has 3 rings (SSSR count). The van der Waals surface area contributed by atoms with Gasteiger partial charge >= 0.3 is 0 Å². The number of piperidine rings is 1. The Morgan fingerprint density at radius 2 is 2.05 bits per heavy atom. The van der Waals surface area contributed by atoms with Crippen LogP contribution in [0.2, 0.25) is 0 Å². The van der Waals surface area contributed by atoms with Gasteiger partial charge in [-0.1, -0.05) is 19.9 Å². The van der Waals surface area contributed by atoms with Crippen LogP contribution in [-0.4, -0.2) is 19.1 Å². The van der Waals surface area contributed by atoms with Crippen molar-refractivity contribution in [2.45, 2.75) is 46.1 Å². The van der Waals surface area contributed by atoms with Gasteiger partial charge in [-0.3, -0.25) is 0 Å². The Hall–Kier alpha value is -1.18. The average molecular weight is 258 g/mol. The summed E-state index contributed by atoms with van der Waals surface area (Å²) >= 11 is 0. The molecule has 2 heterocycles. The molecule has 2 nitrogen and oxygen atoms in total. The second kappa shape index (κ2) is 5.07. The molecule has 0 aliphatic carbocycles. The normalized spacial score (nSPS) is 30.7. The van der Waals surface area contributed by atoms with Gasteiger partial charge < -0.3 is 10.2 Å². The maximum absolute atomic E-state index is 3.55. The lowest BCUT2D eigenvalue weighted by atomic mass is 9.85. The van der Waals surface area contributed by atoms with Gasteiger partial charge in [0, 0.05) is 30.5 Å². The lowest BCUT2D eigenvalue weighted by Crippen LogP contribution is -2.46. The van der Waals surface area contributed by atoms with Gasteiger partial charge in [0.05, 0.1) is 0 Å². The van der Waals surface area contributed by atoms with E-state index in [-0.39, 0.29) is 0 Å². The van der Waals surface area contributed by atoms with E-state index in [0.29, 0.717) is 6.04 Å². The number of hydrogen-bond acceptors (Lipinski definition) is 2. The Bertz CT molecular complexity index is 455. The highest BCUT2D eigenvalue weighted by molar-refractivity contribution is 5.68.